The van der Waals surface area contributed by atoms with Gasteiger partial charge in [-0.1, -0.05) is 30.5 Å². The Morgan fingerprint density at radius 3 is 2.10 bits per heavy atom. The van der Waals surface area contributed by atoms with Crippen molar-refractivity contribution in [1.29, 1.82) is 0 Å². The maximum atomic E-state index is 12.1. The van der Waals surface area contributed by atoms with Crippen LogP contribution in [0.25, 0.3) is 11.4 Å². The van der Waals surface area contributed by atoms with Crippen molar-refractivity contribution >= 4 is 40.8 Å². The first kappa shape index (κ1) is 30.3. The molecular formula is C28H29ClN4O6S. The van der Waals surface area contributed by atoms with Gasteiger partial charge in [-0.05, 0) is 55.3 Å². The third-order valence-corrected chi connectivity index (χ3v) is 6.87. The van der Waals surface area contributed by atoms with Crippen LogP contribution in [0.5, 0.6) is 0 Å². The van der Waals surface area contributed by atoms with Crippen LogP contribution in [-0.2, 0) is 16.1 Å². The van der Waals surface area contributed by atoms with E-state index >= 15 is 0 Å². The number of hydrogen-bond donors (Lipinski definition) is 3. The fourth-order valence-corrected chi connectivity index (χ4v) is 4.58. The lowest BCUT2D eigenvalue weighted by molar-refractivity contribution is -0.138. The molecule has 0 saturated carbocycles. The number of hydrogen-bond acceptors (Lipinski definition) is 6. The summed E-state index contributed by atoms with van der Waals surface area (Å²) in [5.74, 6) is -1.74. The Kier molecular flexibility index (Phi) is 11.7. The minimum Gasteiger partial charge on any atom is -0.481 e. The maximum Gasteiger partial charge on any atom is 0.303 e. The molecule has 0 aliphatic rings. The van der Waals surface area contributed by atoms with Crippen LogP contribution in [0.1, 0.15) is 53.9 Å². The minimum atomic E-state index is -0.784. The third-order valence-electron chi connectivity index (χ3n) is 5.64. The summed E-state index contributed by atoms with van der Waals surface area (Å²) in [5, 5.41) is 19.4. The summed E-state index contributed by atoms with van der Waals surface area (Å²) in [7, 11) is 0. The molecule has 0 fully saturated rings. The highest BCUT2D eigenvalue weighted by atomic mass is 35.5. The van der Waals surface area contributed by atoms with E-state index in [1.807, 2.05) is 41.1 Å². The van der Waals surface area contributed by atoms with Crippen molar-refractivity contribution in [1.82, 2.24) is 19.4 Å². The number of carbonyl (C=O) groups is 3. The second kappa shape index (κ2) is 15.4. The number of aromatic nitrogens is 3. The van der Waals surface area contributed by atoms with Crippen LogP contribution in [0.2, 0.25) is 4.34 Å². The molecule has 3 N–H and O–H groups in total. The molecule has 0 radical (unpaired) electrons. The monoisotopic (exact) mass is 584 g/mol. The van der Waals surface area contributed by atoms with Gasteiger partial charge in [0.05, 0.1) is 27.8 Å². The van der Waals surface area contributed by atoms with Crippen molar-refractivity contribution in [3.05, 3.63) is 98.6 Å². The lowest BCUT2D eigenvalue weighted by Crippen LogP contribution is -2.21. The number of nitrogens with one attached hydrogen (secondary N) is 1. The number of benzene rings is 1. The van der Waals surface area contributed by atoms with Crippen molar-refractivity contribution in [3.8, 4) is 11.4 Å². The van der Waals surface area contributed by atoms with Gasteiger partial charge in [-0.2, -0.15) is 0 Å². The number of carbonyl (C=O) groups excluding carboxylic acids is 1. The Morgan fingerprint density at radius 1 is 0.875 bits per heavy atom. The SMILES string of the molecule is O=C(NCc1cn(-c2ccc(-n3ccccc3=O)cc2)cn1)c1ccc(Cl)s1.O=C(O)CCCCCCC(=O)O. The number of unbranched alkanes of at least 4 members (excludes halogenated alkanes) is 3. The van der Waals surface area contributed by atoms with E-state index in [1.165, 1.54) is 17.4 Å². The molecule has 0 bridgehead atoms. The van der Waals surface area contributed by atoms with Crippen molar-refractivity contribution in [2.24, 2.45) is 0 Å². The lowest BCUT2D eigenvalue weighted by atomic mass is 10.1. The number of halogens is 1. The van der Waals surface area contributed by atoms with E-state index in [9.17, 15) is 19.2 Å². The highest BCUT2D eigenvalue weighted by Crippen LogP contribution is 2.21. The van der Waals surface area contributed by atoms with Gasteiger partial charge in [0.25, 0.3) is 11.5 Å². The first-order chi connectivity index (χ1) is 19.2. The molecule has 0 aliphatic heterocycles. The van der Waals surface area contributed by atoms with Crippen LogP contribution >= 0.6 is 22.9 Å². The molecule has 4 rings (SSSR count). The number of carboxylic acid groups (broad SMARTS) is 2. The second-order valence-corrected chi connectivity index (χ2v) is 10.4. The fraction of sp³-hybridized carbons (Fsp3) is 0.250. The van der Waals surface area contributed by atoms with Gasteiger partial charge in [0, 0.05) is 42.7 Å². The molecule has 1 amide bonds. The summed E-state index contributed by atoms with van der Waals surface area (Å²) in [4.78, 5) is 49.0. The van der Waals surface area contributed by atoms with Crippen LogP contribution in [0.4, 0.5) is 0 Å². The van der Waals surface area contributed by atoms with Crippen molar-refractivity contribution in [2.75, 3.05) is 0 Å². The predicted octanol–water partition coefficient (Wildman–Crippen LogP) is 5.16. The normalized spacial score (nSPS) is 10.4. The smallest absolute Gasteiger partial charge is 0.303 e. The van der Waals surface area contributed by atoms with Gasteiger partial charge in [0.1, 0.15) is 0 Å². The number of nitrogens with zero attached hydrogens (tertiary/aromatic N) is 3. The van der Waals surface area contributed by atoms with Crippen LogP contribution in [0.15, 0.2) is 78.1 Å². The molecule has 0 unspecified atom stereocenters. The van der Waals surface area contributed by atoms with Crippen molar-refractivity contribution in [3.63, 3.8) is 0 Å². The number of rotatable bonds is 12. The van der Waals surface area contributed by atoms with Crippen molar-refractivity contribution in [2.45, 2.75) is 45.1 Å². The molecule has 0 spiro atoms. The van der Waals surface area contributed by atoms with Gasteiger partial charge in [-0.3, -0.25) is 23.7 Å². The Bertz CT molecular complexity index is 1460. The average Bonchev–Trinajstić information content (AvgIpc) is 3.59. The summed E-state index contributed by atoms with van der Waals surface area (Å²) in [6.45, 7) is 0.318. The Morgan fingerprint density at radius 2 is 1.52 bits per heavy atom. The fourth-order valence-electron chi connectivity index (χ4n) is 3.62. The quantitative estimate of drug-likeness (QED) is 0.195. The topological polar surface area (TPSA) is 144 Å². The zero-order valence-electron chi connectivity index (χ0n) is 21.5. The molecule has 10 nitrogen and oxygen atoms in total. The number of amides is 1. The molecule has 210 valence electrons. The highest BCUT2D eigenvalue weighted by molar-refractivity contribution is 7.18. The van der Waals surface area contributed by atoms with E-state index in [0.717, 1.165) is 29.9 Å². The molecule has 1 aromatic carbocycles. The second-order valence-electron chi connectivity index (χ2n) is 8.69. The van der Waals surface area contributed by atoms with Crippen LogP contribution in [0.3, 0.4) is 0 Å². The van der Waals surface area contributed by atoms with Gasteiger partial charge in [0.2, 0.25) is 0 Å². The lowest BCUT2D eigenvalue weighted by Gasteiger charge is -2.07. The number of carboxylic acids is 2. The third kappa shape index (κ3) is 9.83. The van der Waals surface area contributed by atoms with E-state index in [0.29, 0.717) is 28.6 Å². The van der Waals surface area contributed by atoms with Crippen LogP contribution < -0.4 is 10.9 Å². The van der Waals surface area contributed by atoms with E-state index in [1.54, 1.807) is 35.3 Å². The molecular weight excluding hydrogens is 556 g/mol. The Labute approximate surface area is 239 Å². The van der Waals surface area contributed by atoms with Crippen LogP contribution in [0, 0.1) is 0 Å². The molecule has 0 aliphatic carbocycles. The number of thiophene rings is 1. The van der Waals surface area contributed by atoms with E-state index in [4.69, 9.17) is 21.8 Å². The van der Waals surface area contributed by atoms with Gasteiger partial charge in [-0.15, -0.1) is 11.3 Å². The summed E-state index contributed by atoms with van der Waals surface area (Å²) in [5.41, 5.74) is 2.35. The van der Waals surface area contributed by atoms with E-state index in [2.05, 4.69) is 10.3 Å². The number of aliphatic carboxylic acids is 2. The predicted molar refractivity (Wildman–Crippen MR) is 153 cm³/mol. The Hall–Kier alpha value is -4.22. The number of pyridine rings is 1. The summed E-state index contributed by atoms with van der Waals surface area (Å²) in [6.07, 6.45) is 8.55. The number of imidazole rings is 1. The first-order valence-corrected chi connectivity index (χ1v) is 13.7. The molecule has 12 heteroatoms. The van der Waals surface area contributed by atoms with Gasteiger partial charge < -0.3 is 20.1 Å². The maximum absolute atomic E-state index is 12.1. The molecule has 0 saturated heterocycles. The summed E-state index contributed by atoms with van der Waals surface area (Å²) >= 11 is 7.09. The molecule has 3 aromatic heterocycles. The first-order valence-electron chi connectivity index (χ1n) is 12.5. The largest absolute Gasteiger partial charge is 0.481 e. The summed E-state index contributed by atoms with van der Waals surface area (Å²) < 4.78 is 4.02. The average molecular weight is 585 g/mol. The van der Waals surface area contributed by atoms with Gasteiger partial charge in [-0.25, -0.2) is 4.98 Å². The van der Waals surface area contributed by atoms with Crippen LogP contribution in [-0.4, -0.2) is 42.2 Å². The highest BCUT2D eigenvalue weighted by Gasteiger charge is 2.09. The van der Waals surface area contributed by atoms with Gasteiger partial charge in [0.15, 0.2) is 0 Å². The Balaban J connectivity index is 0.000000312. The van der Waals surface area contributed by atoms with E-state index in [-0.39, 0.29) is 24.3 Å². The molecule has 4 aromatic rings. The van der Waals surface area contributed by atoms with Crippen molar-refractivity contribution < 1.29 is 24.6 Å². The zero-order valence-corrected chi connectivity index (χ0v) is 23.1. The minimum absolute atomic E-state index is 0.0806. The molecule has 0 atom stereocenters. The molecule has 3 heterocycles. The zero-order chi connectivity index (χ0) is 28.9. The van der Waals surface area contributed by atoms with E-state index < -0.39 is 11.9 Å². The standard InChI is InChI=1S/C20H15ClN4O2S.C8H14O4/c21-18-9-8-17(28-18)20(27)22-11-14-12-24(13-23-14)15-4-6-16(7-5-15)25-10-2-1-3-19(25)26;9-7(10)5-3-1-2-4-6-8(11)12/h1-10,12-13H,11H2,(H,22,27);1-6H2,(H,9,10)(H,11,12). The van der Waals surface area contributed by atoms with Gasteiger partial charge >= 0.3 is 11.9 Å². The summed E-state index contributed by atoms with van der Waals surface area (Å²) in [6, 6.07) is 16.0. The molecule has 40 heavy (non-hydrogen) atoms.